The lowest BCUT2D eigenvalue weighted by Gasteiger charge is -2.31. The van der Waals surface area contributed by atoms with Gasteiger partial charge in [-0.1, -0.05) is 22.9 Å². The highest BCUT2D eigenvalue weighted by molar-refractivity contribution is 9.10. The zero-order chi connectivity index (χ0) is 14.1. The minimum atomic E-state index is 0.635. The Hall–Kier alpha value is -1.07. The highest BCUT2D eigenvalue weighted by Gasteiger charge is 2.20. The lowest BCUT2D eigenvalue weighted by molar-refractivity contribution is 0.182. The van der Waals surface area contributed by atoms with Crippen LogP contribution in [0.2, 0.25) is 0 Å². The van der Waals surface area contributed by atoms with Crippen LogP contribution in [0.1, 0.15) is 19.8 Å². The van der Waals surface area contributed by atoms with Crippen molar-refractivity contribution in [2.45, 2.75) is 26.3 Å². The molecule has 0 aliphatic carbocycles. The molecule has 0 bridgehead atoms. The summed E-state index contributed by atoms with van der Waals surface area (Å²) in [5.74, 6) is 1.34. The highest BCUT2D eigenvalue weighted by atomic mass is 79.9. The summed E-state index contributed by atoms with van der Waals surface area (Å²) < 4.78 is 3.22. The van der Waals surface area contributed by atoms with Gasteiger partial charge in [-0.25, -0.2) is 4.98 Å². The van der Waals surface area contributed by atoms with Gasteiger partial charge in [0.05, 0.1) is 11.0 Å². The zero-order valence-electron chi connectivity index (χ0n) is 11.8. The Labute approximate surface area is 128 Å². The fourth-order valence-electron chi connectivity index (χ4n) is 3.06. The molecule has 0 atom stereocenters. The molecule has 0 amide bonds. The maximum absolute atomic E-state index is 6.10. The topological polar surface area (TPSA) is 47.1 Å². The molecule has 0 saturated carbocycles. The molecule has 3 rings (SSSR count). The molecule has 1 fully saturated rings. The largest absolute Gasteiger partial charge is 0.369 e. The molecule has 2 N–H and O–H groups in total. The van der Waals surface area contributed by atoms with E-state index in [9.17, 15) is 0 Å². The van der Waals surface area contributed by atoms with E-state index < -0.39 is 0 Å². The van der Waals surface area contributed by atoms with Crippen LogP contribution in [0.5, 0.6) is 0 Å². The van der Waals surface area contributed by atoms with Crippen molar-refractivity contribution in [1.29, 1.82) is 0 Å². The van der Waals surface area contributed by atoms with E-state index in [4.69, 9.17) is 5.73 Å². The number of halogens is 1. The van der Waals surface area contributed by atoms with Crippen molar-refractivity contribution in [3.05, 3.63) is 22.7 Å². The molecule has 1 saturated heterocycles. The normalized spacial score (nSPS) is 17.9. The second-order valence-corrected chi connectivity index (χ2v) is 6.51. The molecule has 1 aliphatic rings. The number of piperidine rings is 1. The van der Waals surface area contributed by atoms with Crippen LogP contribution in [0.4, 0.5) is 5.95 Å². The van der Waals surface area contributed by atoms with E-state index in [2.05, 4.69) is 49.4 Å². The van der Waals surface area contributed by atoms with E-state index >= 15 is 0 Å². The van der Waals surface area contributed by atoms with Gasteiger partial charge in [0.1, 0.15) is 0 Å². The number of imidazole rings is 1. The second-order valence-electron chi connectivity index (χ2n) is 5.59. The maximum atomic E-state index is 6.10. The second kappa shape index (κ2) is 5.74. The van der Waals surface area contributed by atoms with E-state index in [1.165, 1.54) is 25.9 Å². The molecular formula is C15H21BrN4. The average molecular weight is 337 g/mol. The summed E-state index contributed by atoms with van der Waals surface area (Å²) in [6.07, 6.45) is 2.51. The summed E-state index contributed by atoms with van der Waals surface area (Å²) in [7, 11) is 0. The van der Waals surface area contributed by atoms with Gasteiger partial charge in [0.15, 0.2) is 0 Å². The standard InChI is InChI=1S/C15H21BrN4/c1-2-19-7-5-11(6-8-19)10-20-14-4-3-12(16)9-13(14)18-15(20)17/h3-4,9,11H,2,5-8,10H2,1H3,(H2,17,18). The van der Waals surface area contributed by atoms with Crippen LogP contribution in [-0.4, -0.2) is 34.1 Å². The third-order valence-electron chi connectivity index (χ3n) is 4.33. The lowest BCUT2D eigenvalue weighted by atomic mass is 9.96. The predicted octanol–water partition coefficient (Wildman–Crippen LogP) is 3.11. The number of benzene rings is 1. The molecule has 1 aromatic heterocycles. The molecular weight excluding hydrogens is 316 g/mol. The number of anilines is 1. The molecule has 0 spiro atoms. The summed E-state index contributed by atoms with van der Waals surface area (Å²) in [5, 5.41) is 0. The first-order valence-corrected chi connectivity index (χ1v) is 8.10. The summed E-state index contributed by atoms with van der Waals surface area (Å²) in [6, 6.07) is 6.19. The van der Waals surface area contributed by atoms with E-state index in [-0.39, 0.29) is 0 Å². The number of rotatable bonds is 3. The average Bonchev–Trinajstić information content (AvgIpc) is 2.75. The van der Waals surface area contributed by atoms with E-state index in [0.29, 0.717) is 11.9 Å². The smallest absolute Gasteiger partial charge is 0.201 e. The predicted molar refractivity (Wildman–Crippen MR) is 86.7 cm³/mol. The van der Waals surface area contributed by atoms with Gasteiger partial charge in [0, 0.05) is 11.0 Å². The summed E-state index contributed by atoms with van der Waals surface area (Å²) in [4.78, 5) is 6.99. The van der Waals surface area contributed by atoms with Crippen molar-refractivity contribution in [3.8, 4) is 0 Å². The van der Waals surface area contributed by atoms with E-state index in [1.807, 2.05) is 6.07 Å². The highest BCUT2D eigenvalue weighted by Crippen LogP contribution is 2.26. The Balaban J connectivity index is 1.79. The van der Waals surface area contributed by atoms with Gasteiger partial charge >= 0.3 is 0 Å². The molecule has 0 radical (unpaired) electrons. The third kappa shape index (κ3) is 2.69. The molecule has 2 heterocycles. The molecule has 20 heavy (non-hydrogen) atoms. The number of hydrogen-bond acceptors (Lipinski definition) is 3. The first kappa shape index (κ1) is 13.9. The molecule has 5 heteroatoms. The van der Waals surface area contributed by atoms with Crippen LogP contribution in [0, 0.1) is 5.92 Å². The van der Waals surface area contributed by atoms with Crippen LogP contribution in [0.3, 0.4) is 0 Å². The van der Waals surface area contributed by atoms with Gasteiger partial charge in [-0.2, -0.15) is 0 Å². The number of nitrogens with zero attached hydrogens (tertiary/aromatic N) is 3. The number of fused-ring (bicyclic) bond motifs is 1. The Morgan fingerprint density at radius 1 is 1.35 bits per heavy atom. The summed E-state index contributed by atoms with van der Waals surface area (Å²) in [5.41, 5.74) is 8.22. The third-order valence-corrected chi connectivity index (χ3v) is 4.83. The van der Waals surface area contributed by atoms with Crippen molar-refractivity contribution in [2.75, 3.05) is 25.4 Å². The van der Waals surface area contributed by atoms with Crippen molar-refractivity contribution >= 4 is 32.9 Å². The van der Waals surface area contributed by atoms with Gasteiger partial charge in [-0.15, -0.1) is 0 Å². The first-order valence-electron chi connectivity index (χ1n) is 7.31. The number of hydrogen-bond donors (Lipinski definition) is 1. The number of nitrogen functional groups attached to an aromatic ring is 1. The fourth-order valence-corrected chi connectivity index (χ4v) is 3.41. The maximum Gasteiger partial charge on any atom is 0.201 e. The molecule has 2 aromatic rings. The Kier molecular flexibility index (Phi) is 3.98. The summed E-state index contributed by atoms with van der Waals surface area (Å²) in [6.45, 7) is 6.80. The minimum absolute atomic E-state index is 0.635. The van der Waals surface area contributed by atoms with Gasteiger partial charge in [0.25, 0.3) is 0 Å². The molecule has 108 valence electrons. The Morgan fingerprint density at radius 2 is 2.10 bits per heavy atom. The number of likely N-dealkylation sites (tertiary alicyclic amines) is 1. The SMILES string of the molecule is CCN1CCC(Cn2c(N)nc3cc(Br)ccc32)CC1. The van der Waals surface area contributed by atoms with Crippen LogP contribution in [-0.2, 0) is 6.54 Å². The van der Waals surface area contributed by atoms with Gasteiger partial charge in [-0.05, 0) is 56.6 Å². The summed E-state index contributed by atoms with van der Waals surface area (Å²) >= 11 is 3.48. The van der Waals surface area contributed by atoms with Gasteiger partial charge in [-0.3, -0.25) is 0 Å². The monoisotopic (exact) mass is 336 g/mol. The lowest BCUT2D eigenvalue weighted by Crippen LogP contribution is -2.34. The number of nitrogens with two attached hydrogens (primary N) is 1. The van der Waals surface area contributed by atoms with Crippen LogP contribution < -0.4 is 5.73 Å². The quantitative estimate of drug-likeness (QED) is 0.936. The Morgan fingerprint density at radius 3 is 2.80 bits per heavy atom. The molecule has 0 unspecified atom stereocenters. The van der Waals surface area contributed by atoms with Crippen LogP contribution in [0.25, 0.3) is 11.0 Å². The van der Waals surface area contributed by atoms with E-state index in [1.54, 1.807) is 0 Å². The molecule has 1 aliphatic heterocycles. The van der Waals surface area contributed by atoms with Crippen molar-refractivity contribution in [1.82, 2.24) is 14.5 Å². The van der Waals surface area contributed by atoms with Crippen molar-refractivity contribution in [3.63, 3.8) is 0 Å². The zero-order valence-corrected chi connectivity index (χ0v) is 13.4. The molecule has 1 aromatic carbocycles. The van der Waals surface area contributed by atoms with Crippen LogP contribution >= 0.6 is 15.9 Å². The van der Waals surface area contributed by atoms with Crippen LogP contribution in [0.15, 0.2) is 22.7 Å². The molecule has 4 nitrogen and oxygen atoms in total. The van der Waals surface area contributed by atoms with Crippen molar-refractivity contribution in [2.24, 2.45) is 5.92 Å². The van der Waals surface area contributed by atoms with Crippen molar-refractivity contribution < 1.29 is 0 Å². The Bertz CT molecular complexity index is 599. The fraction of sp³-hybridized carbons (Fsp3) is 0.533. The van der Waals surface area contributed by atoms with E-state index in [0.717, 1.165) is 28.6 Å². The first-order chi connectivity index (χ1) is 9.67. The van der Waals surface area contributed by atoms with Gasteiger partial charge in [0.2, 0.25) is 5.95 Å². The number of aromatic nitrogens is 2. The minimum Gasteiger partial charge on any atom is -0.369 e. The van der Waals surface area contributed by atoms with Gasteiger partial charge < -0.3 is 15.2 Å².